The molecule has 0 fully saturated rings. The Morgan fingerprint density at radius 2 is 1.60 bits per heavy atom. The summed E-state index contributed by atoms with van der Waals surface area (Å²) in [6.45, 7) is 5.65. The van der Waals surface area contributed by atoms with E-state index in [0.717, 1.165) is 21.9 Å². The number of amides is 2. The van der Waals surface area contributed by atoms with Crippen LogP contribution in [0.2, 0.25) is 0 Å². The molecule has 2 amide bonds. The number of fused-ring (bicyclic) bond motifs is 1. The summed E-state index contributed by atoms with van der Waals surface area (Å²) < 4.78 is 0. The second-order valence-electron chi connectivity index (χ2n) is 7.97. The number of benzene rings is 3. The highest BCUT2D eigenvalue weighted by Crippen LogP contribution is 2.19. The normalized spacial score (nSPS) is 13.1. The van der Waals surface area contributed by atoms with Crippen molar-refractivity contribution in [1.82, 2.24) is 10.6 Å². The van der Waals surface area contributed by atoms with Crippen LogP contribution >= 0.6 is 0 Å². The van der Waals surface area contributed by atoms with Gasteiger partial charge in [-0.05, 0) is 46.9 Å². The van der Waals surface area contributed by atoms with Crippen molar-refractivity contribution in [1.29, 1.82) is 0 Å². The van der Waals surface area contributed by atoms with E-state index in [2.05, 4.69) is 10.6 Å². The smallest absolute Gasteiger partial charge is 0.243 e. The Balaban J connectivity index is 1.64. The lowest BCUT2D eigenvalue weighted by Crippen LogP contribution is -2.50. The summed E-state index contributed by atoms with van der Waals surface area (Å²) in [7, 11) is 0. The number of phenols is 1. The van der Waals surface area contributed by atoms with Gasteiger partial charge in [0.25, 0.3) is 0 Å². The van der Waals surface area contributed by atoms with E-state index >= 15 is 0 Å². The molecule has 0 aliphatic rings. The molecule has 3 aromatic rings. The average Bonchev–Trinajstić information content (AvgIpc) is 2.71. The molecule has 30 heavy (non-hydrogen) atoms. The van der Waals surface area contributed by atoms with E-state index in [1.807, 2.05) is 69.3 Å². The van der Waals surface area contributed by atoms with Gasteiger partial charge in [0, 0.05) is 0 Å². The molecule has 0 saturated carbocycles. The fraction of sp³-hybridized carbons (Fsp3) is 0.280. The summed E-state index contributed by atoms with van der Waals surface area (Å²) in [5.41, 5.74) is 1.70. The Labute approximate surface area is 177 Å². The molecule has 0 aliphatic carbocycles. The van der Waals surface area contributed by atoms with Gasteiger partial charge in [0.05, 0.1) is 12.5 Å². The number of carbonyl (C=O) groups is 2. The summed E-state index contributed by atoms with van der Waals surface area (Å²) >= 11 is 0. The van der Waals surface area contributed by atoms with Crippen molar-refractivity contribution < 1.29 is 14.7 Å². The van der Waals surface area contributed by atoms with Gasteiger partial charge in [0.15, 0.2) is 0 Å². The molecule has 2 unspecified atom stereocenters. The number of rotatable bonds is 7. The predicted octanol–water partition coefficient (Wildman–Crippen LogP) is 4.11. The zero-order valence-electron chi connectivity index (χ0n) is 17.6. The maximum absolute atomic E-state index is 12.8. The number of nitrogens with one attached hydrogen (secondary N) is 2. The van der Waals surface area contributed by atoms with E-state index in [0.29, 0.717) is 0 Å². The van der Waals surface area contributed by atoms with E-state index < -0.39 is 6.04 Å². The number of aromatic hydroxyl groups is 1. The second-order valence-corrected chi connectivity index (χ2v) is 7.97. The van der Waals surface area contributed by atoms with E-state index in [4.69, 9.17) is 0 Å². The lowest BCUT2D eigenvalue weighted by Gasteiger charge is -2.24. The van der Waals surface area contributed by atoms with Crippen molar-refractivity contribution in [3.63, 3.8) is 0 Å². The molecule has 3 rings (SSSR count). The minimum absolute atomic E-state index is 0.0677. The van der Waals surface area contributed by atoms with Crippen molar-refractivity contribution in [2.75, 3.05) is 0 Å². The Kier molecular flexibility index (Phi) is 6.72. The van der Waals surface area contributed by atoms with Crippen molar-refractivity contribution >= 4 is 22.6 Å². The first-order valence-electron chi connectivity index (χ1n) is 10.2. The Morgan fingerprint density at radius 3 is 2.30 bits per heavy atom. The number of hydrogen-bond donors (Lipinski definition) is 3. The Bertz CT molecular complexity index is 1050. The number of carbonyl (C=O) groups excluding carboxylic acids is 2. The fourth-order valence-electron chi connectivity index (χ4n) is 3.47. The molecule has 0 aromatic heterocycles. The van der Waals surface area contributed by atoms with Crippen LogP contribution in [0.4, 0.5) is 0 Å². The lowest BCUT2D eigenvalue weighted by atomic mass is 10.0. The first kappa shape index (κ1) is 21.4. The largest absolute Gasteiger partial charge is 0.508 e. The maximum Gasteiger partial charge on any atom is 0.243 e. The van der Waals surface area contributed by atoms with Crippen LogP contribution in [0.25, 0.3) is 10.8 Å². The average molecular weight is 405 g/mol. The standard InChI is InChI=1S/C25H28N2O3/c1-16(2)24(25(30)26-17(3)20-9-6-10-22(28)15-20)27-23(29)14-18-11-12-19-7-4-5-8-21(19)13-18/h4-13,15-17,24,28H,14H2,1-3H3,(H,26,30)(H,27,29). The highest BCUT2D eigenvalue weighted by Gasteiger charge is 2.25. The molecular weight excluding hydrogens is 376 g/mol. The zero-order valence-corrected chi connectivity index (χ0v) is 17.6. The van der Waals surface area contributed by atoms with E-state index in [1.54, 1.807) is 18.2 Å². The summed E-state index contributed by atoms with van der Waals surface area (Å²) in [4.78, 5) is 25.5. The van der Waals surface area contributed by atoms with Crippen molar-refractivity contribution in [2.45, 2.75) is 39.3 Å². The van der Waals surface area contributed by atoms with Gasteiger partial charge < -0.3 is 15.7 Å². The van der Waals surface area contributed by atoms with Crippen LogP contribution < -0.4 is 10.6 Å². The molecule has 0 spiro atoms. The number of phenolic OH excluding ortho intramolecular Hbond substituents is 1. The van der Waals surface area contributed by atoms with Crippen molar-refractivity contribution in [2.24, 2.45) is 5.92 Å². The van der Waals surface area contributed by atoms with Gasteiger partial charge in [0.1, 0.15) is 11.8 Å². The third-order valence-corrected chi connectivity index (χ3v) is 5.17. The van der Waals surface area contributed by atoms with Gasteiger partial charge in [0.2, 0.25) is 11.8 Å². The summed E-state index contributed by atoms with van der Waals surface area (Å²) in [5, 5.41) is 17.7. The van der Waals surface area contributed by atoms with Crippen LogP contribution in [-0.2, 0) is 16.0 Å². The molecule has 0 aliphatic heterocycles. The topological polar surface area (TPSA) is 78.4 Å². The van der Waals surface area contributed by atoms with Crippen LogP contribution in [0.5, 0.6) is 5.75 Å². The third-order valence-electron chi connectivity index (χ3n) is 5.17. The van der Waals surface area contributed by atoms with Crippen LogP contribution in [0.15, 0.2) is 66.7 Å². The van der Waals surface area contributed by atoms with Gasteiger partial charge in [-0.2, -0.15) is 0 Å². The predicted molar refractivity (Wildman–Crippen MR) is 119 cm³/mol. The van der Waals surface area contributed by atoms with Gasteiger partial charge in [-0.25, -0.2) is 0 Å². The van der Waals surface area contributed by atoms with Gasteiger partial charge in [-0.3, -0.25) is 9.59 Å². The first-order valence-corrected chi connectivity index (χ1v) is 10.2. The first-order chi connectivity index (χ1) is 14.3. The van der Waals surface area contributed by atoms with Crippen molar-refractivity contribution in [3.8, 4) is 5.75 Å². The van der Waals surface area contributed by atoms with Gasteiger partial charge >= 0.3 is 0 Å². The molecule has 0 radical (unpaired) electrons. The highest BCUT2D eigenvalue weighted by molar-refractivity contribution is 5.90. The van der Waals surface area contributed by atoms with Crippen LogP contribution in [0, 0.1) is 5.92 Å². The molecule has 0 heterocycles. The van der Waals surface area contributed by atoms with E-state index in [9.17, 15) is 14.7 Å². The Hall–Kier alpha value is -3.34. The molecule has 3 N–H and O–H groups in total. The number of hydrogen-bond acceptors (Lipinski definition) is 3. The highest BCUT2D eigenvalue weighted by atomic mass is 16.3. The molecular formula is C25H28N2O3. The molecule has 5 nitrogen and oxygen atoms in total. The minimum atomic E-state index is -0.641. The van der Waals surface area contributed by atoms with Crippen LogP contribution in [0.1, 0.15) is 37.9 Å². The van der Waals surface area contributed by atoms with Crippen LogP contribution in [0.3, 0.4) is 0 Å². The lowest BCUT2D eigenvalue weighted by molar-refractivity contribution is -0.130. The van der Waals surface area contributed by atoms with E-state index in [1.165, 1.54) is 0 Å². The minimum Gasteiger partial charge on any atom is -0.508 e. The molecule has 0 bridgehead atoms. The molecule has 156 valence electrons. The molecule has 0 saturated heterocycles. The Morgan fingerprint density at radius 1 is 0.867 bits per heavy atom. The maximum atomic E-state index is 12.8. The zero-order chi connectivity index (χ0) is 21.7. The fourth-order valence-corrected chi connectivity index (χ4v) is 3.47. The SMILES string of the molecule is CC(NC(=O)C(NC(=O)Cc1ccc2ccccc2c1)C(C)C)c1cccc(O)c1. The van der Waals surface area contributed by atoms with Crippen LogP contribution in [-0.4, -0.2) is 23.0 Å². The summed E-state index contributed by atoms with van der Waals surface area (Å²) in [5.74, 6) is -0.350. The summed E-state index contributed by atoms with van der Waals surface area (Å²) in [6.07, 6.45) is 0.212. The monoisotopic (exact) mass is 404 g/mol. The van der Waals surface area contributed by atoms with E-state index in [-0.39, 0.29) is 35.9 Å². The third kappa shape index (κ3) is 5.38. The molecule has 5 heteroatoms. The molecule has 3 aromatic carbocycles. The van der Waals surface area contributed by atoms with Gasteiger partial charge in [-0.1, -0.05) is 68.4 Å². The summed E-state index contributed by atoms with van der Waals surface area (Å²) in [6, 6.07) is 19.8. The van der Waals surface area contributed by atoms with Gasteiger partial charge in [-0.15, -0.1) is 0 Å². The molecule has 2 atom stereocenters. The second kappa shape index (κ2) is 9.44. The quantitative estimate of drug-likeness (QED) is 0.555. The van der Waals surface area contributed by atoms with Crippen molar-refractivity contribution in [3.05, 3.63) is 77.9 Å².